The molecule has 0 bridgehead atoms. The van der Waals surface area contributed by atoms with E-state index in [1.165, 1.54) is 14.0 Å². The number of nitrogens with one attached hydrogen (secondary N) is 1. The highest BCUT2D eigenvalue weighted by molar-refractivity contribution is 5.68. The lowest BCUT2D eigenvalue weighted by molar-refractivity contribution is -0.155. The molecule has 0 rings (SSSR count). The predicted molar refractivity (Wildman–Crippen MR) is 97.2 cm³/mol. The first-order valence-electron chi connectivity index (χ1n) is 9.54. The standard InChI is InChI=1S/C18H37NO7/c1-14(21)17(23)18(24)15(13-20)26-19-12-10-8-6-4-3-5-7-9-11-16(22)25-2/h14-15,17-21,23-24H,3-13H2,1-2H3. The zero-order valence-electron chi connectivity index (χ0n) is 16.1. The molecule has 4 unspecified atom stereocenters. The van der Waals surface area contributed by atoms with E-state index in [-0.39, 0.29) is 5.97 Å². The number of esters is 1. The minimum atomic E-state index is -1.37. The van der Waals surface area contributed by atoms with Crippen LogP contribution in [-0.2, 0) is 14.4 Å². The maximum Gasteiger partial charge on any atom is 0.305 e. The lowest BCUT2D eigenvalue weighted by Gasteiger charge is -2.26. The molecule has 0 radical (unpaired) electrons. The highest BCUT2D eigenvalue weighted by Gasteiger charge is 2.29. The summed E-state index contributed by atoms with van der Waals surface area (Å²) < 4.78 is 4.59. The van der Waals surface area contributed by atoms with E-state index in [1.807, 2.05) is 0 Å². The van der Waals surface area contributed by atoms with Crippen LogP contribution in [0.3, 0.4) is 0 Å². The summed E-state index contributed by atoms with van der Waals surface area (Å²) in [6.45, 7) is 1.47. The average molecular weight is 379 g/mol. The number of methoxy groups -OCH3 is 1. The summed E-state index contributed by atoms with van der Waals surface area (Å²) in [6.07, 6.45) is 4.07. The van der Waals surface area contributed by atoms with Crippen LogP contribution < -0.4 is 5.48 Å². The molecule has 0 heterocycles. The SMILES string of the molecule is COC(=O)CCCCCCCCCCNOC(CO)C(O)C(O)C(C)O. The number of hydroxylamine groups is 1. The highest BCUT2D eigenvalue weighted by atomic mass is 16.7. The van der Waals surface area contributed by atoms with Crippen LogP contribution in [0, 0.1) is 0 Å². The summed E-state index contributed by atoms with van der Waals surface area (Å²) in [5.41, 5.74) is 2.69. The molecule has 0 aromatic rings. The molecule has 0 aliphatic heterocycles. The van der Waals surface area contributed by atoms with Gasteiger partial charge in [0.15, 0.2) is 0 Å². The molecular weight excluding hydrogens is 342 g/mol. The van der Waals surface area contributed by atoms with Gasteiger partial charge in [-0.25, -0.2) is 5.48 Å². The van der Waals surface area contributed by atoms with Gasteiger partial charge in [-0.05, 0) is 19.8 Å². The van der Waals surface area contributed by atoms with Gasteiger partial charge in [0, 0.05) is 13.0 Å². The molecule has 5 N–H and O–H groups in total. The van der Waals surface area contributed by atoms with E-state index in [1.54, 1.807) is 0 Å². The van der Waals surface area contributed by atoms with Gasteiger partial charge in [-0.3, -0.25) is 9.63 Å². The third kappa shape index (κ3) is 12.6. The Labute approximate surface area is 156 Å². The quantitative estimate of drug-likeness (QED) is 0.142. The van der Waals surface area contributed by atoms with E-state index in [0.29, 0.717) is 13.0 Å². The Morgan fingerprint density at radius 3 is 1.96 bits per heavy atom. The molecule has 0 amide bonds. The third-order valence-corrected chi connectivity index (χ3v) is 4.28. The molecule has 0 spiro atoms. The molecule has 0 aliphatic carbocycles. The fraction of sp³-hybridized carbons (Fsp3) is 0.944. The van der Waals surface area contributed by atoms with Crippen LogP contribution in [-0.4, -0.2) is 71.1 Å². The second-order valence-corrected chi connectivity index (χ2v) is 6.61. The predicted octanol–water partition coefficient (Wildman–Crippen LogP) is 0.655. The summed E-state index contributed by atoms with van der Waals surface area (Å²) in [4.78, 5) is 16.1. The Morgan fingerprint density at radius 2 is 1.46 bits per heavy atom. The minimum absolute atomic E-state index is 0.143. The number of hydrogen-bond donors (Lipinski definition) is 5. The average Bonchev–Trinajstić information content (AvgIpc) is 2.64. The molecule has 8 heteroatoms. The fourth-order valence-corrected chi connectivity index (χ4v) is 2.52. The van der Waals surface area contributed by atoms with Crippen molar-refractivity contribution in [1.82, 2.24) is 5.48 Å². The van der Waals surface area contributed by atoms with E-state index in [4.69, 9.17) is 4.84 Å². The van der Waals surface area contributed by atoms with Crippen molar-refractivity contribution in [3.63, 3.8) is 0 Å². The fourth-order valence-electron chi connectivity index (χ4n) is 2.52. The Kier molecular flexibility index (Phi) is 15.9. The molecule has 8 nitrogen and oxygen atoms in total. The Hall–Kier alpha value is -0.770. The number of aliphatic hydroxyl groups excluding tert-OH is 4. The van der Waals surface area contributed by atoms with Crippen LogP contribution in [0.1, 0.15) is 64.7 Å². The number of rotatable bonds is 17. The first-order chi connectivity index (χ1) is 12.4. The third-order valence-electron chi connectivity index (χ3n) is 4.28. The normalized spacial score (nSPS) is 16.1. The van der Waals surface area contributed by atoms with Crippen molar-refractivity contribution in [1.29, 1.82) is 0 Å². The van der Waals surface area contributed by atoms with Gasteiger partial charge >= 0.3 is 5.97 Å². The van der Waals surface area contributed by atoms with E-state index < -0.39 is 31.0 Å². The zero-order valence-corrected chi connectivity index (χ0v) is 16.1. The first kappa shape index (κ1) is 25.2. The van der Waals surface area contributed by atoms with Crippen LogP contribution in [0.2, 0.25) is 0 Å². The van der Waals surface area contributed by atoms with Gasteiger partial charge in [-0.15, -0.1) is 0 Å². The molecule has 0 saturated heterocycles. The van der Waals surface area contributed by atoms with Crippen LogP contribution >= 0.6 is 0 Å². The molecule has 0 aromatic carbocycles. The van der Waals surface area contributed by atoms with Crippen LogP contribution in [0.5, 0.6) is 0 Å². The summed E-state index contributed by atoms with van der Waals surface area (Å²) in [6, 6.07) is 0. The van der Waals surface area contributed by atoms with E-state index in [0.717, 1.165) is 51.4 Å². The van der Waals surface area contributed by atoms with Gasteiger partial charge in [-0.1, -0.05) is 38.5 Å². The van der Waals surface area contributed by atoms with Crippen molar-refractivity contribution in [3.8, 4) is 0 Å². The summed E-state index contributed by atoms with van der Waals surface area (Å²) in [5, 5.41) is 37.8. The second-order valence-electron chi connectivity index (χ2n) is 6.61. The topological polar surface area (TPSA) is 128 Å². The number of carbonyl (C=O) groups is 1. The smallest absolute Gasteiger partial charge is 0.305 e. The van der Waals surface area contributed by atoms with Gasteiger partial charge in [0.25, 0.3) is 0 Å². The van der Waals surface area contributed by atoms with Gasteiger partial charge in [0.05, 0.1) is 19.8 Å². The van der Waals surface area contributed by atoms with Gasteiger partial charge < -0.3 is 25.2 Å². The zero-order chi connectivity index (χ0) is 19.8. The molecule has 26 heavy (non-hydrogen) atoms. The van der Waals surface area contributed by atoms with Crippen molar-refractivity contribution >= 4 is 5.97 Å². The lowest BCUT2D eigenvalue weighted by Crippen LogP contribution is -2.48. The largest absolute Gasteiger partial charge is 0.469 e. The lowest BCUT2D eigenvalue weighted by atomic mass is 10.0. The van der Waals surface area contributed by atoms with E-state index >= 15 is 0 Å². The van der Waals surface area contributed by atoms with Crippen LogP contribution in [0.25, 0.3) is 0 Å². The number of hydrogen-bond acceptors (Lipinski definition) is 8. The highest BCUT2D eigenvalue weighted by Crippen LogP contribution is 2.10. The second kappa shape index (κ2) is 16.4. The van der Waals surface area contributed by atoms with Gasteiger partial charge in [0.1, 0.15) is 18.3 Å². The van der Waals surface area contributed by atoms with Gasteiger partial charge in [-0.2, -0.15) is 0 Å². The Morgan fingerprint density at radius 1 is 0.923 bits per heavy atom. The summed E-state index contributed by atoms with van der Waals surface area (Å²) in [7, 11) is 1.41. The number of aliphatic hydroxyl groups is 4. The van der Waals surface area contributed by atoms with Crippen molar-refractivity contribution in [2.45, 2.75) is 89.1 Å². The Balaban J connectivity index is 3.50. The van der Waals surface area contributed by atoms with Crippen LogP contribution in [0.15, 0.2) is 0 Å². The maximum absolute atomic E-state index is 10.9. The number of ether oxygens (including phenoxy) is 1. The van der Waals surface area contributed by atoms with Crippen LogP contribution in [0.4, 0.5) is 0 Å². The maximum atomic E-state index is 10.9. The molecule has 0 aromatic heterocycles. The number of carbonyl (C=O) groups excluding carboxylic acids is 1. The Bertz CT molecular complexity index is 342. The molecular formula is C18H37NO7. The molecule has 0 aliphatic rings. The molecule has 0 saturated carbocycles. The van der Waals surface area contributed by atoms with E-state index in [9.17, 15) is 25.2 Å². The molecule has 4 atom stereocenters. The summed E-state index contributed by atoms with van der Waals surface area (Å²) >= 11 is 0. The monoisotopic (exact) mass is 379 g/mol. The van der Waals surface area contributed by atoms with Crippen molar-refractivity contribution in [2.75, 3.05) is 20.3 Å². The molecule has 156 valence electrons. The minimum Gasteiger partial charge on any atom is -0.469 e. The van der Waals surface area contributed by atoms with Crippen molar-refractivity contribution in [2.24, 2.45) is 0 Å². The number of unbranched alkanes of at least 4 members (excludes halogenated alkanes) is 7. The van der Waals surface area contributed by atoms with E-state index in [2.05, 4.69) is 10.2 Å². The first-order valence-corrected chi connectivity index (χ1v) is 9.54. The van der Waals surface area contributed by atoms with Gasteiger partial charge in [0.2, 0.25) is 0 Å². The van der Waals surface area contributed by atoms with Crippen molar-refractivity contribution < 1.29 is 34.8 Å². The molecule has 0 fully saturated rings. The van der Waals surface area contributed by atoms with Crippen molar-refractivity contribution in [3.05, 3.63) is 0 Å². The summed E-state index contributed by atoms with van der Waals surface area (Å²) in [5.74, 6) is -0.143.